The van der Waals surface area contributed by atoms with Gasteiger partial charge in [0.15, 0.2) is 11.0 Å². The Labute approximate surface area is 147 Å². The molecule has 1 aromatic carbocycles. The van der Waals surface area contributed by atoms with Gasteiger partial charge >= 0.3 is 0 Å². The number of hydrogen-bond acceptors (Lipinski definition) is 6. The number of fused-ring (bicyclic) bond motifs is 1. The summed E-state index contributed by atoms with van der Waals surface area (Å²) < 4.78 is 7.47. The molecule has 0 amide bonds. The van der Waals surface area contributed by atoms with Gasteiger partial charge < -0.3 is 9.09 Å². The third kappa shape index (κ3) is 2.88. The maximum Gasteiger partial charge on any atom is 0.258 e. The fourth-order valence-electron chi connectivity index (χ4n) is 2.41. The van der Waals surface area contributed by atoms with Crippen molar-refractivity contribution in [3.05, 3.63) is 59.6 Å². The third-order valence-corrected chi connectivity index (χ3v) is 5.15. The van der Waals surface area contributed by atoms with E-state index in [0.29, 0.717) is 17.5 Å². The number of aromatic nitrogens is 4. The maximum absolute atomic E-state index is 5.32. The molecule has 0 saturated heterocycles. The molecule has 4 aromatic rings. The number of nitrogens with zero attached hydrogens (tertiary/aromatic N) is 4. The monoisotopic (exact) mass is 354 g/mol. The van der Waals surface area contributed by atoms with Crippen molar-refractivity contribution in [1.29, 1.82) is 0 Å². The van der Waals surface area contributed by atoms with Crippen molar-refractivity contribution in [2.75, 3.05) is 0 Å². The van der Waals surface area contributed by atoms with E-state index >= 15 is 0 Å². The van der Waals surface area contributed by atoms with Crippen molar-refractivity contribution in [3.8, 4) is 11.5 Å². The van der Waals surface area contributed by atoms with Gasteiger partial charge in [-0.15, -0.1) is 6.58 Å². The van der Waals surface area contributed by atoms with Gasteiger partial charge in [-0.1, -0.05) is 35.1 Å². The molecule has 3 heterocycles. The summed E-state index contributed by atoms with van der Waals surface area (Å²) in [6.07, 6.45) is 1.88. The number of imidazole rings is 1. The Hall–Kier alpha value is -2.38. The van der Waals surface area contributed by atoms with Crippen LogP contribution in [0.4, 0.5) is 0 Å². The second-order valence-corrected chi connectivity index (χ2v) is 6.82. The van der Waals surface area contributed by atoms with Crippen molar-refractivity contribution in [3.63, 3.8) is 0 Å². The molecule has 5 nitrogen and oxygen atoms in total. The molecule has 3 aromatic heterocycles. The number of thiophene rings is 1. The lowest BCUT2D eigenvalue weighted by atomic mass is 10.3. The first kappa shape index (κ1) is 15.2. The first-order valence-electron chi connectivity index (χ1n) is 7.39. The van der Waals surface area contributed by atoms with Gasteiger partial charge in [-0.2, -0.15) is 16.3 Å². The minimum Gasteiger partial charge on any atom is -0.334 e. The molecule has 120 valence electrons. The first-order chi connectivity index (χ1) is 11.8. The van der Waals surface area contributed by atoms with Crippen LogP contribution in [0.5, 0.6) is 0 Å². The predicted molar refractivity (Wildman–Crippen MR) is 97.1 cm³/mol. The smallest absolute Gasteiger partial charge is 0.258 e. The molecular weight excluding hydrogens is 340 g/mol. The van der Waals surface area contributed by atoms with Crippen LogP contribution in [-0.2, 0) is 12.3 Å². The minimum atomic E-state index is 0.562. The van der Waals surface area contributed by atoms with E-state index in [1.165, 1.54) is 0 Å². The molecule has 0 radical (unpaired) electrons. The summed E-state index contributed by atoms with van der Waals surface area (Å²) in [6, 6.07) is 10.1. The van der Waals surface area contributed by atoms with Crippen molar-refractivity contribution >= 4 is 34.1 Å². The van der Waals surface area contributed by atoms with E-state index in [4.69, 9.17) is 9.51 Å². The lowest BCUT2D eigenvalue weighted by Crippen LogP contribution is -1.97. The zero-order valence-corrected chi connectivity index (χ0v) is 14.4. The number of thioether (sulfide) groups is 1. The van der Waals surface area contributed by atoms with Crippen LogP contribution >= 0.6 is 23.1 Å². The van der Waals surface area contributed by atoms with Gasteiger partial charge in [-0.05, 0) is 23.6 Å². The fourth-order valence-corrected chi connectivity index (χ4v) is 3.91. The van der Waals surface area contributed by atoms with Gasteiger partial charge in [0, 0.05) is 11.9 Å². The summed E-state index contributed by atoms with van der Waals surface area (Å²) in [4.78, 5) is 9.14. The van der Waals surface area contributed by atoms with E-state index in [2.05, 4.69) is 27.4 Å². The van der Waals surface area contributed by atoms with Crippen molar-refractivity contribution < 1.29 is 4.52 Å². The largest absolute Gasteiger partial charge is 0.334 e. The molecule has 0 fully saturated rings. The lowest BCUT2D eigenvalue weighted by molar-refractivity contribution is 0.425. The lowest BCUT2D eigenvalue weighted by Gasteiger charge is -2.04. The molecule has 0 unspecified atom stereocenters. The van der Waals surface area contributed by atoms with Gasteiger partial charge in [0.25, 0.3) is 5.89 Å². The molecule has 0 aliphatic carbocycles. The number of para-hydroxylation sites is 2. The Kier molecular flexibility index (Phi) is 4.18. The topological polar surface area (TPSA) is 56.7 Å². The second kappa shape index (κ2) is 6.62. The highest BCUT2D eigenvalue weighted by Gasteiger charge is 2.13. The summed E-state index contributed by atoms with van der Waals surface area (Å²) in [6.45, 7) is 4.55. The fraction of sp³-hybridized carbons (Fsp3) is 0.118. The Morgan fingerprint density at radius 3 is 3.00 bits per heavy atom. The Morgan fingerprint density at radius 1 is 1.25 bits per heavy atom. The highest BCUT2D eigenvalue weighted by molar-refractivity contribution is 7.98. The number of benzene rings is 1. The van der Waals surface area contributed by atoms with Gasteiger partial charge in [-0.25, -0.2) is 4.98 Å². The van der Waals surface area contributed by atoms with Crippen molar-refractivity contribution in [2.45, 2.75) is 17.5 Å². The maximum atomic E-state index is 5.32. The molecule has 0 spiro atoms. The highest BCUT2D eigenvalue weighted by Crippen LogP contribution is 2.27. The van der Waals surface area contributed by atoms with Gasteiger partial charge in [0.1, 0.15) is 0 Å². The van der Waals surface area contributed by atoms with Crippen LogP contribution in [0.1, 0.15) is 5.82 Å². The summed E-state index contributed by atoms with van der Waals surface area (Å²) in [5, 5.41) is 8.97. The highest BCUT2D eigenvalue weighted by atomic mass is 32.2. The summed E-state index contributed by atoms with van der Waals surface area (Å²) >= 11 is 3.21. The predicted octanol–water partition coefficient (Wildman–Crippen LogP) is 4.63. The van der Waals surface area contributed by atoms with Gasteiger partial charge in [0.2, 0.25) is 0 Å². The van der Waals surface area contributed by atoms with Crippen LogP contribution in [0, 0.1) is 0 Å². The SMILES string of the molecule is C=CCn1c(SCc2noc(-c3ccsc3)n2)nc2ccccc21. The zero-order chi connectivity index (χ0) is 16.4. The van der Waals surface area contributed by atoms with Gasteiger partial charge in [0.05, 0.1) is 22.3 Å². The molecule has 0 bridgehead atoms. The van der Waals surface area contributed by atoms with E-state index in [-0.39, 0.29) is 0 Å². The molecule has 24 heavy (non-hydrogen) atoms. The van der Waals surface area contributed by atoms with Crippen molar-refractivity contribution in [1.82, 2.24) is 19.7 Å². The van der Waals surface area contributed by atoms with E-state index < -0.39 is 0 Å². The summed E-state index contributed by atoms with van der Waals surface area (Å²) in [5.41, 5.74) is 3.04. The molecule has 4 rings (SSSR count). The number of rotatable bonds is 6. The Bertz CT molecular complexity index is 972. The third-order valence-electron chi connectivity index (χ3n) is 3.50. The molecule has 0 aliphatic rings. The Balaban J connectivity index is 1.56. The standard InChI is InChI=1S/C17H14N4OS2/c1-2-8-21-14-6-4-3-5-13(14)18-17(21)24-11-15-19-16(22-20-15)12-7-9-23-10-12/h2-7,9-10H,1,8,11H2. The molecule has 0 aliphatic heterocycles. The number of hydrogen-bond donors (Lipinski definition) is 0. The van der Waals surface area contributed by atoms with Crippen LogP contribution in [0.15, 0.2) is 63.4 Å². The molecule has 7 heteroatoms. The van der Waals surface area contributed by atoms with E-state index in [1.54, 1.807) is 23.1 Å². The van der Waals surface area contributed by atoms with Crippen LogP contribution in [-0.4, -0.2) is 19.7 Å². The molecular formula is C17H14N4OS2. The van der Waals surface area contributed by atoms with Crippen LogP contribution in [0.3, 0.4) is 0 Å². The normalized spacial score (nSPS) is 11.2. The van der Waals surface area contributed by atoms with Crippen LogP contribution < -0.4 is 0 Å². The molecule has 0 saturated carbocycles. The molecule has 0 atom stereocenters. The quantitative estimate of drug-likeness (QED) is 0.373. The average molecular weight is 354 g/mol. The summed E-state index contributed by atoms with van der Waals surface area (Å²) in [5.74, 6) is 1.83. The van der Waals surface area contributed by atoms with Crippen molar-refractivity contribution in [2.24, 2.45) is 0 Å². The van der Waals surface area contributed by atoms with Gasteiger partial charge in [-0.3, -0.25) is 0 Å². The Morgan fingerprint density at radius 2 is 2.17 bits per heavy atom. The van der Waals surface area contributed by atoms with Crippen LogP contribution in [0.25, 0.3) is 22.5 Å². The van der Waals surface area contributed by atoms with E-state index in [0.717, 1.165) is 28.3 Å². The van der Waals surface area contributed by atoms with E-state index in [9.17, 15) is 0 Å². The average Bonchev–Trinajstić information content (AvgIpc) is 3.33. The van der Waals surface area contributed by atoms with Crippen LogP contribution in [0.2, 0.25) is 0 Å². The van der Waals surface area contributed by atoms with E-state index in [1.807, 2.05) is 41.1 Å². The molecule has 0 N–H and O–H groups in total. The summed E-state index contributed by atoms with van der Waals surface area (Å²) in [7, 11) is 0. The number of allylic oxidation sites excluding steroid dienone is 1. The minimum absolute atomic E-state index is 0.562. The first-order valence-corrected chi connectivity index (χ1v) is 9.32. The second-order valence-electron chi connectivity index (χ2n) is 5.10. The zero-order valence-electron chi connectivity index (χ0n) is 12.8.